The van der Waals surface area contributed by atoms with Gasteiger partial charge in [-0.15, -0.1) is 0 Å². The number of hydrogen-bond acceptors (Lipinski definition) is 8. The Labute approximate surface area is 223 Å². The highest BCUT2D eigenvalue weighted by Gasteiger charge is 2.34. The van der Waals surface area contributed by atoms with E-state index >= 15 is 0 Å². The highest BCUT2D eigenvalue weighted by atomic mass is 32.2. The zero-order valence-electron chi connectivity index (χ0n) is 20.7. The molecular formula is C28H28N2O6S2. The van der Waals surface area contributed by atoms with Crippen LogP contribution in [0.1, 0.15) is 18.2 Å². The van der Waals surface area contributed by atoms with Gasteiger partial charge in [0.2, 0.25) is 0 Å². The second-order valence-electron chi connectivity index (χ2n) is 8.95. The third-order valence-electron chi connectivity index (χ3n) is 6.02. The number of nitrogens with two attached hydrogens (primary N) is 1. The first-order valence-electron chi connectivity index (χ1n) is 11.8. The third-order valence-corrected chi connectivity index (χ3v) is 8.57. The number of aromatic nitrogens is 1. The van der Waals surface area contributed by atoms with Crippen LogP contribution in [0.5, 0.6) is 0 Å². The summed E-state index contributed by atoms with van der Waals surface area (Å²) in [6.45, 7) is 1.27. The standard InChI is InChI=1S/C28H28N2O6S2/c1-28(27-12-5-6-17-30-27,20-35-37(31,32)25-10-3-2-4-11-25)21-36-38(33,34)26-15-13-23(14-16-26)24-9-7-8-22(18-24)19-29/h2-18H,19-21,29H2,1H3. The summed E-state index contributed by atoms with van der Waals surface area (Å²) in [6, 6.07) is 26.8. The summed E-state index contributed by atoms with van der Waals surface area (Å²) in [4.78, 5) is 4.26. The number of pyridine rings is 1. The minimum atomic E-state index is -4.17. The summed E-state index contributed by atoms with van der Waals surface area (Å²) in [6.07, 6.45) is 1.53. The van der Waals surface area contributed by atoms with E-state index in [-0.39, 0.29) is 16.4 Å². The molecule has 0 radical (unpaired) electrons. The SMILES string of the molecule is CC(COS(=O)(=O)c1ccccc1)(COS(=O)(=O)c1ccc(-c2cccc(CN)c2)cc1)c1ccccn1. The van der Waals surface area contributed by atoms with Crippen molar-refractivity contribution in [1.29, 1.82) is 0 Å². The van der Waals surface area contributed by atoms with Crippen molar-refractivity contribution < 1.29 is 25.2 Å². The third kappa shape index (κ3) is 6.53. The second kappa shape index (κ2) is 11.5. The van der Waals surface area contributed by atoms with Crippen LogP contribution >= 0.6 is 0 Å². The Morgan fingerprint density at radius 3 is 1.89 bits per heavy atom. The van der Waals surface area contributed by atoms with E-state index in [9.17, 15) is 16.8 Å². The van der Waals surface area contributed by atoms with Crippen molar-refractivity contribution in [2.24, 2.45) is 5.73 Å². The molecule has 2 N–H and O–H groups in total. The molecule has 4 aromatic rings. The van der Waals surface area contributed by atoms with Gasteiger partial charge < -0.3 is 5.73 Å². The molecule has 1 unspecified atom stereocenters. The molecule has 10 heteroatoms. The van der Waals surface area contributed by atoms with E-state index in [1.54, 1.807) is 55.5 Å². The highest BCUT2D eigenvalue weighted by Crippen LogP contribution is 2.28. The van der Waals surface area contributed by atoms with Crippen LogP contribution in [-0.4, -0.2) is 35.0 Å². The van der Waals surface area contributed by atoms with Crippen LogP contribution < -0.4 is 5.73 Å². The summed E-state index contributed by atoms with van der Waals surface area (Å²) in [5.41, 5.74) is 7.66. The van der Waals surface area contributed by atoms with Crippen LogP contribution in [0.4, 0.5) is 0 Å². The predicted octanol–water partition coefficient (Wildman–Crippen LogP) is 4.28. The van der Waals surface area contributed by atoms with Gasteiger partial charge in [-0.05, 0) is 66.1 Å². The molecule has 38 heavy (non-hydrogen) atoms. The van der Waals surface area contributed by atoms with E-state index in [0.717, 1.165) is 16.7 Å². The fourth-order valence-corrected chi connectivity index (χ4v) is 5.80. The summed E-state index contributed by atoms with van der Waals surface area (Å²) in [5, 5.41) is 0. The first kappa shape index (κ1) is 27.6. The molecule has 0 aliphatic rings. The Morgan fingerprint density at radius 1 is 0.711 bits per heavy atom. The molecule has 0 aliphatic heterocycles. The molecule has 1 heterocycles. The molecule has 0 saturated carbocycles. The molecular weight excluding hydrogens is 524 g/mol. The maximum Gasteiger partial charge on any atom is 0.297 e. The Morgan fingerprint density at radius 2 is 1.32 bits per heavy atom. The molecule has 0 fully saturated rings. The van der Waals surface area contributed by atoms with Crippen LogP contribution in [0, 0.1) is 0 Å². The molecule has 3 aromatic carbocycles. The zero-order valence-corrected chi connectivity index (χ0v) is 22.4. The van der Waals surface area contributed by atoms with E-state index < -0.39 is 32.3 Å². The smallest absolute Gasteiger partial charge is 0.297 e. The largest absolute Gasteiger partial charge is 0.326 e. The van der Waals surface area contributed by atoms with Gasteiger partial charge in [-0.1, -0.05) is 54.6 Å². The quantitative estimate of drug-likeness (QED) is 0.273. The van der Waals surface area contributed by atoms with Crippen molar-refractivity contribution >= 4 is 20.2 Å². The fraction of sp³-hybridized carbons (Fsp3) is 0.179. The molecule has 0 bridgehead atoms. The number of nitrogens with zero attached hydrogens (tertiary/aromatic N) is 1. The molecule has 198 valence electrons. The van der Waals surface area contributed by atoms with Gasteiger partial charge in [0.1, 0.15) is 0 Å². The monoisotopic (exact) mass is 552 g/mol. The van der Waals surface area contributed by atoms with Gasteiger partial charge in [-0.3, -0.25) is 13.4 Å². The van der Waals surface area contributed by atoms with Crippen molar-refractivity contribution in [3.05, 3.63) is 115 Å². The lowest BCUT2D eigenvalue weighted by atomic mass is 9.88. The normalized spacial score (nSPS) is 13.6. The van der Waals surface area contributed by atoms with Crippen LogP contribution in [0.15, 0.2) is 113 Å². The maximum atomic E-state index is 13.1. The van der Waals surface area contributed by atoms with Gasteiger partial charge in [0.05, 0.1) is 34.1 Å². The van der Waals surface area contributed by atoms with E-state index in [1.165, 1.54) is 30.5 Å². The average molecular weight is 553 g/mol. The van der Waals surface area contributed by atoms with Crippen LogP contribution in [-0.2, 0) is 40.6 Å². The Bertz CT molecular complexity index is 1580. The van der Waals surface area contributed by atoms with Gasteiger partial charge in [-0.2, -0.15) is 16.8 Å². The summed E-state index contributed by atoms with van der Waals surface area (Å²) >= 11 is 0. The van der Waals surface area contributed by atoms with Crippen molar-refractivity contribution in [3.63, 3.8) is 0 Å². The van der Waals surface area contributed by atoms with E-state index in [2.05, 4.69) is 4.98 Å². The van der Waals surface area contributed by atoms with Crippen LogP contribution in [0.2, 0.25) is 0 Å². The lowest BCUT2D eigenvalue weighted by molar-refractivity contribution is 0.159. The fourth-order valence-electron chi connectivity index (χ4n) is 3.74. The van der Waals surface area contributed by atoms with Gasteiger partial charge >= 0.3 is 0 Å². The van der Waals surface area contributed by atoms with E-state index in [0.29, 0.717) is 12.2 Å². The first-order chi connectivity index (χ1) is 18.1. The lowest BCUT2D eigenvalue weighted by Crippen LogP contribution is -2.36. The molecule has 1 aromatic heterocycles. The highest BCUT2D eigenvalue weighted by molar-refractivity contribution is 7.87. The molecule has 0 aliphatic carbocycles. The molecule has 0 saturated heterocycles. The molecule has 0 amide bonds. The summed E-state index contributed by atoms with van der Waals surface area (Å²) in [7, 11) is -8.26. The summed E-state index contributed by atoms with van der Waals surface area (Å²) in [5.74, 6) is 0. The minimum absolute atomic E-state index is 0.00556. The average Bonchev–Trinajstić information content (AvgIpc) is 2.96. The van der Waals surface area contributed by atoms with Crippen molar-refractivity contribution in [2.75, 3.05) is 13.2 Å². The van der Waals surface area contributed by atoms with E-state index in [4.69, 9.17) is 14.1 Å². The van der Waals surface area contributed by atoms with Crippen molar-refractivity contribution in [1.82, 2.24) is 4.98 Å². The van der Waals surface area contributed by atoms with E-state index in [1.807, 2.05) is 24.3 Å². The van der Waals surface area contributed by atoms with Gasteiger partial charge in [0, 0.05) is 12.7 Å². The Hall–Kier alpha value is -3.41. The minimum Gasteiger partial charge on any atom is -0.326 e. The Kier molecular flexibility index (Phi) is 8.39. The van der Waals surface area contributed by atoms with Gasteiger partial charge in [0.15, 0.2) is 0 Å². The first-order valence-corrected chi connectivity index (χ1v) is 14.6. The van der Waals surface area contributed by atoms with Gasteiger partial charge in [0.25, 0.3) is 20.2 Å². The summed E-state index contributed by atoms with van der Waals surface area (Å²) < 4.78 is 62.3. The number of benzene rings is 3. The molecule has 8 nitrogen and oxygen atoms in total. The van der Waals surface area contributed by atoms with Crippen LogP contribution in [0.25, 0.3) is 11.1 Å². The topological polar surface area (TPSA) is 126 Å². The van der Waals surface area contributed by atoms with Gasteiger partial charge in [-0.25, -0.2) is 0 Å². The lowest BCUT2D eigenvalue weighted by Gasteiger charge is -2.28. The number of rotatable bonds is 11. The Balaban J connectivity index is 1.53. The second-order valence-corrected chi connectivity index (χ2v) is 12.2. The number of hydrogen-bond donors (Lipinski definition) is 1. The molecule has 0 spiro atoms. The van der Waals surface area contributed by atoms with Crippen molar-refractivity contribution in [3.8, 4) is 11.1 Å². The predicted molar refractivity (Wildman–Crippen MR) is 144 cm³/mol. The molecule has 4 rings (SSSR count). The van der Waals surface area contributed by atoms with Crippen LogP contribution in [0.3, 0.4) is 0 Å². The molecule has 1 atom stereocenters. The van der Waals surface area contributed by atoms with Crippen molar-refractivity contribution in [2.45, 2.75) is 28.7 Å². The maximum absolute atomic E-state index is 13.1. The zero-order chi connectivity index (χ0) is 27.2.